The summed E-state index contributed by atoms with van der Waals surface area (Å²) in [6, 6.07) is 1.46. The van der Waals surface area contributed by atoms with E-state index in [1.807, 2.05) is 11.6 Å². The zero-order valence-electron chi connectivity index (χ0n) is 13.1. The van der Waals surface area contributed by atoms with Gasteiger partial charge in [0.15, 0.2) is 5.82 Å². The zero-order valence-corrected chi connectivity index (χ0v) is 13.1. The zero-order chi connectivity index (χ0) is 16.4. The maximum Gasteiger partial charge on any atom is 0.264 e. The lowest BCUT2D eigenvalue weighted by Gasteiger charge is -2.23. The molecule has 3 heterocycles. The molecule has 0 radical (unpaired) electrons. The number of carbonyl (C=O) groups excluding carboxylic acids is 1. The van der Waals surface area contributed by atoms with Crippen molar-refractivity contribution in [2.75, 3.05) is 7.11 Å². The molecule has 0 fully saturated rings. The van der Waals surface area contributed by atoms with E-state index in [0.29, 0.717) is 6.54 Å². The SMILES string of the molecule is CCc1nc2n(n1)CC(NC(=O)c1c(OC)cc[nH]c1=O)CC2. The minimum atomic E-state index is -0.465. The number of ether oxygens (including phenoxy) is 1. The van der Waals surface area contributed by atoms with Crippen molar-refractivity contribution >= 4 is 5.91 Å². The Morgan fingerprint density at radius 2 is 2.39 bits per heavy atom. The molecule has 1 amide bonds. The first-order valence-electron chi connectivity index (χ1n) is 7.61. The first-order chi connectivity index (χ1) is 11.1. The van der Waals surface area contributed by atoms with Crippen molar-refractivity contribution in [3.8, 4) is 5.75 Å². The second kappa shape index (κ2) is 6.23. The Hall–Kier alpha value is -2.64. The summed E-state index contributed by atoms with van der Waals surface area (Å²) in [5, 5.41) is 7.30. The number of nitrogens with zero attached hydrogens (tertiary/aromatic N) is 3. The predicted molar refractivity (Wildman–Crippen MR) is 82.6 cm³/mol. The van der Waals surface area contributed by atoms with Crippen LogP contribution in [0.1, 0.15) is 35.4 Å². The lowest BCUT2D eigenvalue weighted by atomic mass is 10.1. The molecule has 23 heavy (non-hydrogen) atoms. The number of nitrogens with one attached hydrogen (secondary N) is 2. The summed E-state index contributed by atoms with van der Waals surface area (Å²) in [6.45, 7) is 2.57. The fraction of sp³-hybridized carbons (Fsp3) is 0.467. The molecular weight excluding hydrogens is 298 g/mol. The fourth-order valence-electron chi connectivity index (χ4n) is 2.73. The smallest absolute Gasteiger partial charge is 0.264 e. The summed E-state index contributed by atoms with van der Waals surface area (Å²) in [5.41, 5.74) is -0.471. The number of aromatic amines is 1. The number of amides is 1. The number of aromatic nitrogens is 4. The summed E-state index contributed by atoms with van der Waals surface area (Å²) in [7, 11) is 1.43. The molecule has 0 saturated heterocycles. The van der Waals surface area contributed by atoms with E-state index in [1.165, 1.54) is 13.3 Å². The molecule has 0 aliphatic carbocycles. The van der Waals surface area contributed by atoms with Gasteiger partial charge in [-0.25, -0.2) is 9.67 Å². The Morgan fingerprint density at radius 3 is 3.13 bits per heavy atom. The number of aryl methyl sites for hydroxylation is 2. The Labute approximate surface area is 132 Å². The van der Waals surface area contributed by atoms with Crippen LogP contribution >= 0.6 is 0 Å². The number of hydrogen-bond donors (Lipinski definition) is 2. The lowest BCUT2D eigenvalue weighted by molar-refractivity contribution is 0.0921. The average Bonchev–Trinajstić information content (AvgIpc) is 2.96. The minimum Gasteiger partial charge on any atom is -0.496 e. The van der Waals surface area contributed by atoms with Crippen LogP contribution in [-0.2, 0) is 19.4 Å². The van der Waals surface area contributed by atoms with Crippen molar-refractivity contribution in [1.29, 1.82) is 0 Å². The van der Waals surface area contributed by atoms with Gasteiger partial charge >= 0.3 is 0 Å². The maximum absolute atomic E-state index is 12.4. The summed E-state index contributed by atoms with van der Waals surface area (Å²) < 4.78 is 6.94. The Balaban J connectivity index is 1.76. The van der Waals surface area contributed by atoms with Gasteiger partial charge in [0, 0.05) is 25.1 Å². The normalized spacial score (nSPS) is 16.7. The monoisotopic (exact) mass is 317 g/mol. The van der Waals surface area contributed by atoms with Crippen molar-refractivity contribution in [3.05, 3.63) is 39.8 Å². The molecule has 2 aromatic heterocycles. The third-order valence-electron chi connectivity index (χ3n) is 3.92. The van der Waals surface area contributed by atoms with E-state index < -0.39 is 11.5 Å². The second-order valence-corrected chi connectivity index (χ2v) is 5.44. The van der Waals surface area contributed by atoms with Gasteiger partial charge in [-0.2, -0.15) is 5.10 Å². The summed E-state index contributed by atoms with van der Waals surface area (Å²) in [6.07, 6.45) is 3.75. The molecule has 1 aliphatic rings. The van der Waals surface area contributed by atoms with E-state index in [1.54, 1.807) is 6.07 Å². The molecule has 8 heteroatoms. The van der Waals surface area contributed by atoms with Crippen LogP contribution in [0, 0.1) is 0 Å². The van der Waals surface area contributed by atoms with Gasteiger partial charge in [-0.05, 0) is 12.5 Å². The lowest BCUT2D eigenvalue weighted by Crippen LogP contribution is -2.43. The van der Waals surface area contributed by atoms with Crippen molar-refractivity contribution in [2.45, 2.75) is 38.8 Å². The van der Waals surface area contributed by atoms with Gasteiger partial charge < -0.3 is 15.0 Å². The van der Waals surface area contributed by atoms with Crippen molar-refractivity contribution in [2.24, 2.45) is 0 Å². The number of carbonyl (C=O) groups is 1. The first kappa shape index (κ1) is 15.3. The third-order valence-corrected chi connectivity index (χ3v) is 3.92. The Bertz CT molecular complexity index is 780. The first-order valence-corrected chi connectivity index (χ1v) is 7.61. The molecule has 2 N–H and O–H groups in total. The van der Waals surface area contributed by atoms with Gasteiger partial charge in [-0.3, -0.25) is 9.59 Å². The van der Waals surface area contributed by atoms with Crippen molar-refractivity contribution in [3.63, 3.8) is 0 Å². The van der Waals surface area contributed by atoms with E-state index in [-0.39, 0.29) is 17.4 Å². The standard InChI is InChI=1S/C15H19N5O3/c1-3-11-18-12-5-4-9(8-20(12)19-11)17-15(22)13-10(23-2)6-7-16-14(13)21/h6-7,9H,3-5,8H2,1-2H3,(H,16,21)(H,17,22). The highest BCUT2D eigenvalue weighted by Crippen LogP contribution is 2.16. The highest BCUT2D eigenvalue weighted by molar-refractivity contribution is 5.96. The number of methoxy groups -OCH3 is 1. The van der Waals surface area contributed by atoms with Gasteiger partial charge in [0.25, 0.3) is 11.5 Å². The van der Waals surface area contributed by atoms with Crippen molar-refractivity contribution < 1.29 is 9.53 Å². The summed E-state index contributed by atoms with van der Waals surface area (Å²) in [4.78, 5) is 31.3. The highest BCUT2D eigenvalue weighted by Gasteiger charge is 2.25. The minimum absolute atomic E-state index is 0.00589. The number of pyridine rings is 1. The van der Waals surface area contributed by atoms with Crippen molar-refractivity contribution in [1.82, 2.24) is 25.1 Å². The van der Waals surface area contributed by atoms with Crippen LogP contribution in [0.25, 0.3) is 0 Å². The van der Waals surface area contributed by atoms with Crippen LogP contribution in [-0.4, -0.2) is 38.8 Å². The van der Waals surface area contributed by atoms with Crippen LogP contribution in [0.5, 0.6) is 5.75 Å². The van der Waals surface area contributed by atoms with E-state index in [4.69, 9.17) is 4.74 Å². The van der Waals surface area contributed by atoms with Crippen LogP contribution in [0.2, 0.25) is 0 Å². The van der Waals surface area contributed by atoms with Gasteiger partial charge in [-0.15, -0.1) is 0 Å². The number of hydrogen-bond acceptors (Lipinski definition) is 5. The molecule has 0 saturated carbocycles. The van der Waals surface area contributed by atoms with Gasteiger partial charge in [0.2, 0.25) is 0 Å². The Morgan fingerprint density at radius 1 is 1.57 bits per heavy atom. The largest absolute Gasteiger partial charge is 0.496 e. The molecule has 1 atom stereocenters. The van der Waals surface area contributed by atoms with Crippen LogP contribution in [0.3, 0.4) is 0 Å². The molecule has 0 spiro atoms. The molecule has 2 aromatic rings. The summed E-state index contributed by atoms with van der Waals surface area (Å²) >= 11 is 0. The van der Waals surface area contributed by atoms with Gasteiger partial charge in [0.05, 0.1) is 13.7 Å². The fourth-order valence-corrected chi connectivity index (χ4v) is 2.73. The summed E-state index contributed by atoms with van der Waals surface area (Å²) in [5.74, 6) is 1.58. The van der Waals surface area contributed by atoms with E-state index >= 15 is 0 Å². The van der Waals surface area contributed by atoms with Crippen LogP contribution in [0.15, 0.2) is 17.1 Å². The topological polar surface area (TPSA) is 102 Å². The highest BCUT2D eigenvalue weighted by atomic mass is 16.5. The molecule has 0 aromatic carbocycles. The predicted octanol–water partition coefficient (Wildman–Crippen LogP) is 0.282. The number of H-pyrrole nitrogens is 1. The number of rotatable bonds is 4. The second-order valence-electron chi connectivity index (χ2n) is 5.44. The molecule has 3 rings (SSSR count). The molecule has 1 unspecified atom stereocenters. The number of fused-ring (bicyclic) bond motifs is 1. The Kier molecular flexibility index (Phi) is 4.14. The molecule has 1 aliphatic heterocycles. The maximum atomic E-state index is 12.4. The van der Waals surface area contributed by atoms with E-state index in [9.17, 15) is 9.59 Å². The van der Waals surface area contributed by atoms with E-state index in [2.05, 4.69) is 20.4 Å². The molecule has 8 nitrogen and oxygen atoms in total. The van der Waals surface area contributed by atoms with Crippen LogP contribution < -0.4 is 15.6 Å². The van der Waals surface area contributed by atoms with Gasteiger partial charge in [-0.1, -0.05) is 6.92 Å². The molecule has 122 valence electrons. The van der Waals surface area contributed by atoms with Gasteiger partial charge in [0.1, 0.15) is 17.1 Å². The molecule has 0 bridgehead atoms. The molecular formula is C15H19N5O3. The van der Waals surface area contributed by atoms with Crippen LogP contribution in [0.4, 0.5) is 0 Å². The van der Waals surface area contributed by atoms with E-state index in [0.717, 1.165) is 30.9 Å². The third kappa shape index (κ3) is 2.96. The average molecular weight is 317 g/mol. The quantitative estimate of drug-likeness (QED) is 0.843.